The van der Waals surface area contributed by atoms with Gasteiger partial charge in [-0.2, -0.15) is 13.2 Å². The van der Waals surface area contributed by atoms with E-state index in [0.29, 0.717) is 5.56 Å². The van der Waals surface area contributed by atoms with Gasteiger partial charge in [0, 0.05) is 13.7 Å². The number of hydrogen-bond donors (Lipinski definition) is 0. The minimum atomic E-state index is -4.42. The van der Waals surface area contributed by atoms with Crippen molar-refractivity contribution in [3.8, 4) is 0 Å². The molecule has 0 unspecified atom stereocenters. The Labute approximate surface area is 132 Å². The number of carbonyl (C=O) groups excluding carboxylic acids is 2. The molecular formula is C15H18F3NO4. The number of ether oxygens (including phenoxy) is 2. The van der Waals surface area contributed by atoms with E-state index in [1.54, 1.807) is 0 Å². The molecule has 1 aromatic rings. The highest BCUT2D eigenvalue weighted by molar-refractivity contribution is 5.83. The Morgan fingerprint density at radius 3 is 2.22 bits per heavy atom. The predicted octanol–water partition coefficient (Wildman–Crippen LogP) is 1.90. The highest BCUT2D eigenvalue weighted by atomic mass is 19.4. The zero-order chi connectivity index (χ0) is 17.5. The van der Waals surface area contributed by atoms with Gasteiger partial charge in [-0.15, -0.1) is 0 Å². The van der Waals surface area contributed by atoms with E-state index in [9.17, 15) is 22.8 Å². The largest absolute Gasteiger partial charge is 0.468 e. The normalized spacial score (nSPS) is 11.2. The lowest BCUT2D eigenvalue weighted by Crippen LogP contribution is -2.39. The third kappa shape index (κ3) is 6.27. The molecule has 0 aliphatic heterocycles. The molecule has 8 heteroatoms. The molecule has 1 amide bonds. The summed E-state index contributed by atoms with van der Waals surface area (Å²) in [5.74, 6) is -0.978. The Bertz CT molecular complexity index is 529. The quantitative estimate of drug-likeness (QED) is 0.715. The topological polar surface area (TPSA) is 55.8 Å². The van der Waals surface area contributed by atoms with Crippen LogP contribution < -0.4 is 0 Å². The third-order valence-corrected chi connectivity index (χ3v) is 3.10. The van der Waals surface area contributed by atoms with E-state index in [0.717, 1.165) is 12.1 Å². The average Bonchev–Trinajstić information content (AvgIpc) is 2.50. The van der Waals surface area contributed by atoms with Crippen LogP contribution >= 0.6 is 0 Å². The lowest BCUT2D eigenvalue weighted by atomic mass is 10.1. The Morgan fingerprint density at radius 1 is 1.13 bits per heavy atom. The fourth-order valence-electron chi connectivity index (χ4n) is 1.81. The van der Waals surface area contributed by atoms with Gasteiger partial charge in [-0.25, -0.2) is 0 Å². The summed E-state index contributed by atoms with van der Waals surface area (Å²) in [5.41, 5.74) is -0.352. The Kier molecular flexibility index (Phi) is 7.02. The monoisotopic (exact) mass is 333 g/mol. The maximum atomic E-state index is 12.5. The van der Waals surface area contributed by atoms with Crippen molar-refractivity contribution in [2.24, 2.45) is 0 Å². The average molecular weight is 333 g/mol. The van der Waals surface area contributed by atoms with Gasteiger partial charge in [0.1, 0.15) is 6.54 Å². The number of alkyl halides is 3. The summed E-state index contributed by atoms with van der Waals surface area (Å²) < 4.78 is 46.9. The van der Waals surface area contributed by atoms with Crippen LogP contribution in [-0.2, 0) is 31.7 Å². The summed E-state index contributed by atoms with van der Waals surface area (Å²) in [6, 6.07) is 4.32. The van der Waals surface area contributed by atoms with Gasteiger partial charge in [0.05, 0.1) is 25.7 Å². The SMILES string of the molecule is COCCN(CC(=O)OC)C(=O)Cc1ccc(C(F)(F)F)cc1. The molecule has 0 aliphatic rings. The minimum absolute atomic E-state index is 0.112. The smallest absolute Gasteiger partial charge is 0.416 e. The first kappa shape index (κ1) is 19.0. The summed E-state index contributed by atoms with van der Waals surface area (Å²) in [4.78, 5) is 24.8. The van der Waals surface area contributed by atoms with Crippen molar-refractivity contribution in [3.63, 3.8) is 0 Å². The van der Waals surface area contributed by atoms with Crippen molar-refractivity contribution in [1.82, 2.24) is 4.90 Å². The van der Waals surface area contributed by atoms with Crippen molar-refractivity contribution in [1.29, 1.82) is 0 Å². The molecule has 0 radical (unpaired) electrons. The number of benzene rings is 1. The van der Waals surface area contributed by atoms with Crippen molar-refractivity contribution in [2.45, 2.75) is 12.6 Å². The van der Waals surface area contributed by atoms with E-state index >= 15 is 0 Å². The molecule has 0 saturated heterocycles. The molecule has 1 aromatic carbocycles. The van der Waals surface area contributed by atoms with Gasteiger partial charge in [-0.3, -0.25) is 9.59 Å². The lowest BCUT2D eigenvalue weighted by molar-refractivity contribution is -0.147. The van der Waals surface area contributed by atoms with Crippen LogP contribution in [0.4, 0.5) is 13.2 Å². The summed E-state index contributed by atoms with van der Waals surface area (Å²) in [6.07, 6.45) is -4.53. The van der Waals surface area contributed by atoms with Crippen LogP contribution in [0.25, 0.3) is 0 Å². The maximum Gasteiger partial charge on any atom is 0.416 e. The zero-order valence-corrected chi connectivity index (χ0v) is 12.9. The van der Waals surface area contributed by atoms with Crippen molar-refractivity contribution >= 4 is 11.9 Å². The lowest BCUT2D eigenvalue weighted by Gasteiger charge is -2.21. The number of esters is 1. The Morgan fingerprint density at radius 2 is 1.74 bits per heavy atom. The number of hydrogen-bond acceptors (Lipinski definition) is 4. The molecule has 1 rings (SSSR count). The molecule has 128 valence electrons. The Hall–Kier alpha value is -2.09. The van der Waals surface area contributed by atoms with Crippen LogP contribution in [-0.4, -0.2) is 50.7 Å². The number of carbonyl (C=O) groups is 2. The Balaban J connectivity index is 2.74. The standard InChI is InChI=1S/C15H18F3NO4/c1-22-8-7-19(10-14(21)23-2)13(20)9-11-3-5-12(6-4-11)15(16,17)18/h3-6H,7-10H2,1-2H3. The molecule has 0 fully saturated rings. The van der Waals surface area contributed by atoms with E-state index in [-0.39, 0.29) is 26.1 Å². The van der Waals surface area contributed by atoms with Crippen LogP contribution in [0.5, 0.6) is 0 Å². The van der Waals surface area contributed by atoms with Gasteiger partial charge in [0.25, 0.3) is 0 Å². The highest BCUT2D eigenvalue weighted by Crippen LogP contribution is 2.29. The van der Waals surface area contributed by atoms with Crippen LogP contribution in [0.2, 0.25) is 0 Å². The fourth-order valence-corrected chi connectivity index (χ4v) is 1.81. The van der Waals surface area contributed by atoms with Gasteiger partial charge in [0.2, 0.25) is 5.91 Å². The molecule has 0 aromatic heterocycles. The molecular weight excluding hydrogens is 315 g/mol. The maximum absolute atomic E-state index is 12.5. The highest BCUT2D eigenvalue weighted by Gasteiger charge is 2.30. The third-order valence-electron chi connectivity index (χ3n) is 3.10. The number of amides is 1. The van der Waals surface area contributed by atoms with Crippen molar-refractivity contribution < 1.29 is 32.2 Å². The molecule has 0 aliphatic carbocycles. The first-order valence-electron chi connectivity index (χ1n) is 6.77. The molecule has 0 N–H and O–H groups in total. The molecule has 0 heterocycles. The second-order valence-corrected chi connectivity index (χ2v) is 4.76. The van der Waals surface area contributed by atoms with E-state index in [1.807, 2.05) is 0 Å². The summed E-state index contributed by atoms with van der Waals surface area (Å²) in [7, 11) is 2.66. The van der Waals surface area contributed by atoms with E-state index in [1.165, 1.54) is 31.3 Å². The molecule has 0 atom stereocenters. The van der Waals surface area contributed by atoms with E-state index < -0.39 is 23.6 Å². The van der Waals surface area contributed by atoms with Crippen LogP contribution in [0, 0.1) is 0 Å². The van der Waals surface area contributed by atoms with Crippen molar-refractivity contribution in [3.05, 3.63) is 35.4 Å². The number of methoxy groups -OCH3 is 2. The van der Waals surface area contributed by atoms with Gasteiger partial charge >= 0.3 is 12.1 Å². The predicted molar refractivity (Wildman–Crippen MR) is 75.6 cm³/mol. The summed E-state index contributed by atoms with van der Waals surface area (Å²) >= 11 is 0. The van der Waals surface area contributed by atoms with Crippen LogP contribution in [0.15, 0.2) is 24.3 Å². The minimum Gasteiger partial charge on any atom is -0.468 e. The van der Waals surface area contributed by atoms with Gasteiger partial charge in [-0.05, 0) is 17.7 Å². The van der Waals surface area contributed by atoms with Crippen LogP contribution in [0.3, 0.4) is 0 Å². The van der Waals surface area contributed by atoms with Gasteiger partial charge in [0.15, 0.2) is 0 Å². The fraction of sp³-hybridized carbons (Fsp3) is 0.467. The van der Waals surface area contributed by atoms with Crippen molar-refractivity contribution in [2.75, 3.05) is 33.9 Å². The van der Waals surface area contributed by atoms with E-state index in [4.69, 9.17) is 4.74 Å². The first-order valence-corrected chi connectivity index (χ1v) is 6.77. The second-order valence-electron chi connectivity index (χ2n) is 4.76. The first-order chi connectivity index (χ1) is 10.8. The zero-order valence-electron chi connectivity index (χ0n) is 12.9. The van der Waals surface area contributed by atoms with E-state index in [2.05, 4.69) is 4.74 Å². The number of nitrogens with zero attached hydrogens (tertiary/aromatic N) is 1. The summed E-state index contributed by atoms with van der Waals surface area (Å²) in [6.45, 7) is 0.181. The van der Waals surface area contributed by atoms with Gasteiger partial charge < -0.3 is 14.4 Å². The second kappa shape index (κ2) is 8.52. The molecule has 0 spiro atoms. The number of halogens is 3. The summed E-state index contributed by atoms with van der Waals surface area (Å²) in [5, 5.41) is 0. The molecule has 23 heavy (non-hydrogen) atoms. The molecule has 5 nitrogen and oxygen atoms in total. The number of rotatable bonds is 7. The molecule has 0 bridgehead atoms. The molecule has 0 saturated carbocycles. The van der Waals surface area contributed by atoms with Crippen LogP contribution in [0.1, 0.15) is 11.1 Å². The van der Waals surface area contributed by atoms with Gasteiger partial charge in [-0.1, -0.05) is 12.1 Å².